The van der Waals surface area contributed by atoms with Gasteiger partial charge in [0.05, 0.1) is 23.7 Å². The van der Waals surface area contributed by atoms with Gasteiger partial charge in [0.15, 0.2) is 0 Å². The molecule has 0 aromatic heterocycles. The van der Waals surface area contributed by atoms with Crippen molar-refractivity contribution in [1.82, 2.24) is 10.6 Å². The predicted molar refractivity (Wildman–Crippen MR) is 256 cm³/mol. The maximum absolute atomic E-state index is 12.6. The molecule has 8 fully saturated rings. The fourth-order valence-electron chi connectivity index (χ4n) is 18.6. The zero-order valence-corrected chi connectivity index (χ0v) is 42.7. The second-order valence-electron chi connectivity index (χ2n) is 25.0. The van der Waals surface area contributed by atoms with E-state index in [1.54, 1.807) is 11.1 Å². The van der Waals surface area contributed by atoms with Crippen molar-refractivity contribution in [2.45, 2.75) is 182 Å². The van der Waals surface area contributed by atoms with E-state index < -0.39 is 31.7 Å². The molecule has 0 radical (unpaired) electrons. The normalized spacial score (nSPS) is 45.2. The number of hydrogen-bond donors (Lipinski definition) is 6. The van der Waals surface area contributed by atoms with Crippen LogP contribution < -0.4 is 10.6 Å². The highest BCUT2D eigenvalue weighted by Crippen LogP contribution is 2.71. The molecular formula is C52H86N2O10S2. The van der Waals surface area contributed by atoms with Crippen LogP contribution in [0.3, 0.4) is 0 Å². The number of carbonyl (C=O) groups excluding carboxylic acids is 2. The molecule has 12 nitrogen and oxygen atoms in total. The van der Waals surface area contributed by atoms with Gasteiger partial charge in [-0.1, -0.05) is 52.7 Å². The molecule has 5 unspecified atom stereocenters. The Morgan fingerprint density at radius 2 is 0.939 bits per heavy atom. The van der Waals surface area contributed by atoms with E-state index in [-0.39, 0.29) is 58.8 Å². The summed E-state index contributed by atoms with van der Waals surface area (Å²) in [7, 11) is -8.21. The van der Waals surface area contributed by atoms with Crippen LogP contribution in [0.4, 0.5) is 0 Å². The standard InChI is InChI=1S/C52H86N2O10S2/c1-31(7-13-45(57)53-23-25-65(59,60)61)37-9-11-39-47-41(17-21-51(37,39)5)49(3)19-15-33(27-35(49)29-43(47)55)34-16-20-50(4)36(28-34)30-44(56)48-40-12-10-38(52(40,6)22-18-42(48)50)32(2)8-14-46(58)54-24-26-66(62,63)64/h31-32,35-44,47-48,55-56H,7-30H2,1-6H3,(H,53,57)(H,54,58)(H,59,60,61)(H,62,63,64)/b34-33+/t31-,32-,35?,36?,37-,38-,39+,40?,41?,42?,43+,44+,47+,48+,49+,50+,51-,52-/m1/s1. The Morgan fingerprint density at radius 1 is 0.576 bits per heavy atom. The smallest absolute Gasteiger partial charge is 0.266 e. The molecule has 6 N–H and O–H groups in total. The number of aliphatic hydroxyl groups excluding tert-OH is 2. The molecule has 376 valence electrons. The van der Waals surface area contributed by atoms with Gasteiger partial charge in [-0.25, -0.2) is 0 Å². The topological polar surface area (TPSA) is 207 Å². The Morgan fingerprint density at radius 3 is 1.30 bits per heavy atom. The third kappa shape index (κ3) is 9.62. The first-order valence-corrected chi connectivity index (χ1v) is 29.6. The molecule has 0 bridgehead atoms. The number of rotatable bonds is 14. The molecule has 0 aromatic carbocycles. The van der Waals surface area contributed by atoms with Gasteiger partial charge in [0.2, 0.25) is 11.8 Å². The highest BCUT2D eigenvalue weighted by atomic mass is 32.2. The summed E-state index contributed by atoms with van der Waals surface area (Å²) >= 11 is 0. The molecule has 8 aliphatic rings. The van der Waals surface area contributed by atoms with Crippen molar-refractivity contribution < 1.29 is 45.7 Å². The van der Waals surface area contributed by atoms with E-state index >= 15 is 0 Å². The molecule has 0 saturated heterocycles. The van der Waals surface area contributed by atoms with Crippen LogP contribution in [0.25, 0.3) is 0 Å². The van der Waals surface area contributed by atoms with Crippen LogP contribution in [0.15, 0.2) is 11.1 Å². The summed E-state index contributed by atoms with van der Waals surface area (Å²) in [5.41, 5.74) is 4.07. The number of nitrogens with one attached hydrogen (secondary N) is 2. The molecule has 8 saturated carbocycles. The number of allylic oxidation sites excluding steroid dienone is 2. The Labute approximate surface area is 397 Å². The second kappa shape index (κ2) is 18.9. The average Bonchev–Trinajstić information content (AvgIpc) is 3.78. The molecule has 18 atom stereocenters. The van der Waals surface area contributed by atoms with E-state index in [0.29, 0.717) is 83.9 Å². The van der Waals surface area contributed by atoms with E-state index in [1.165, 1.54) is 38.5 Å². The minimum atomic E-state index is -4.11. The van der Waals surface area contributed by atoms with Crippen molar-refractivity contribution in [3.8, 4) is 0 Å². The maximum atomic E-state index is 12.6. The summed E-state index contributed by atoms with van der Waals surface area (Å²) in [6, 6.07) is 0. The lowest BCUT2D eigenvalue weighted by molar-refractivity contribution is -0.162. The van der Waals surface area contributed by atoms with Crippen LogP contribution in [0.1, 0.15) is 170 Å². The summed E-state index contributed by atoms with van der Waals surface area (Å²) in [6.07, 6.45) is 19.6. The van der Waals surface area contributed by atoms with Crippen LogP contribution in [-0.4, -0.2) is 84.8 Å². The lowest BCUT2D eigenvalue weighted by Crippen LogP contribution is -2.58. The number of amides is 2. The fourth-order valence-corrected chi connectivity index (χ4v) is 19.3. The van der Waals surface area contributed by atoms with E-state index in [1.807, 2.05) is 0 Å². The van der Waals surface area contributed by atoms with Crippen LogP contribution in [0, 0.1) is 92.7 Å². The van der Waals surface area contributed by atoms with Crippen LogP contribution >= 0.6 is 0 Å². The SMILES string of the molecule is C[C@H](CCC(=O)NCCS(=O)(=O)O)[C@H]1CC[C@H]2[C@H]3C(CC[C@]12C)[C@@]1(C)CC/C(=C2/CC[C@@]4(C)C(C2)C[C@H](O)[C@@H]2C4CC[C@@]4(C)C2CC[C@@H]4[C@H](C)CCC(=O)NCCS(=O)(=O)O)CC1C[C@@H]3O. The zero-order valence-electron chi connectivity index (χ0n) is 41.1. The summed E-state index contributed by atoms with van der Waals surface area (Å²) in [6.45, 7) is 14.5. The predicted octanol–water partition coefficient (Wildman–Crippen LogP) is 8.38. The Hall–Kier alpha value is -1.58. The van der Waals surface area contributed by atoms with E-state index in [2.05, 4.69) is 52.2 Å². The molecule has 8 rings (SSSR count). The Bertz CT molecular complexity index is 1940. The first-order valence-electron chi connectivity index (χ1n) is 26.4. The minimum Gasteiger partial charge on any atom is -0.393 e. The molecule has 14 heteroatoms. The zero-order chi connectivity index (χ0) is 47.8. The van der Waals surface area contributed by atoms with Crippen molar-refractivity contribution >= 4 is 32.1 Å². The third-order valence-corrected chi connectivity index (χ3v) is 23.6. The van der Waals surface area contributed by atoms with Gasteiger partial charge in [-0.15, -0.1) is 0 Å². The quantitative estimate of drug-likeness (QED) is 0.0724. The largest absolute Gasteiger partial charge is 0.393 e. The summed E-state index contributed by atoms with van der Waals surface area (Å²) < 4.78 is 62.3. The fraction of sp³-hybridized carbons (Fsp3) is 0.923. The van der Waals surface area contributed by atoms with Crippen LogP contribution in [0.2, 0.25) is 0 Å². The maximum Gasteiger partial charge on any atom is 0.266 e. The number of carbonyl (C=O) groups is 2. The van der Waals surface area contributed by atoms with Gasteiger partial charge in [0.1, 0.15) is 0 Å². The second-order valence-corrected chi connectivity index (χ2v) is 28.1. The van der Waals surface area contributed by atoms with Gasteiger partial charge in [-0.05, 0) is 208 Å². The Kier molecular flexibility index (Phi) is 14.5. The van der Waals surface area contributed by atoms with Crippen LogP contribution in [0.5, 0.6) is 0 Å². The molecule has 66 heavy (non-hydrogen) atoms. The molecule has 0 aliphatic heterocycles. The first-order chi connectivity index (χ1) is 30.9. The van der Waals surface area contributed by atoms with Crippen molar-refractivity contribution in [2.75, 3.05) is 24.6 Å². The van der Waals surface area contributed by atoms with Gasteiger partial charge in [0.25, 0.3) is 20.2 Å². The molecule has 2 amide bonds. The van der Waals surface area contributed by atoms with Crippen molar-refractivity contribution in [2.24, 2.45) is 92.7 Å². The lowest BCUT2D eigenvalue weighted by Gasteiger charge is -2.63. The van der Waals surface area contributed by atoms with E-state index in [4.69, 9.17) is 9.11 Å². The number of hydrogen-bond acceptors (Lipinski definition) is 8. The summed E-state index contributed by atoms with van der Waals surface area (Å²) in [5, 5.41) is 29.7. The number of fused-ring (bicyclic) bond motifs is 10. The van der Waals surface area contributed by atoms with Gasteiger partial charge in [-0.3, -0.25) is 18.7 Å². The monoisotopic (exact) mass is 963 g/mol. The average molecular weight is 963 g/mol. The van der Waals surface area contributed by atoms with E-state index in [0.717, 1.165) is 77.0 Å². The van der Waals surface area contributed by atoms with Gasteiger partial charge in [0, 0.05) is 25.9 Å². The Balaban J connectivity index is 0.870. The van der Waals surface area contributed by atoms with Gasteiger partial charge >= 0.3 is 0 Å². The number of aliphatic hydroxyl groups is 2. The van der Waals surface area contributed by atoms with Crippen LogP contribution in [-0.2, 0) is 29.8 Å². The molecule has 8 aliphatic carbocycles. The van der Waals surface area contributed by atoms with E-state index in [9.17, 15) is 36.6 Å². The highest BCUT2D eigenvalue weighted by molar-refractivity contribution is 7.86. The molecular weight excluding hydrogens is 877 g/mol. The summed E-state index contributed by atoms with van der Waals surface area (Å²) in [5.74, 6) is 4.06. The summed E-state index contributed by atoms with van der Waals surface area (Å²) in [4.78, 5) is 25.1. The van der Waals surface area contributed by atoms with Gasteiger partial charge in [-0.2, -0.15) is 16.8 Å². The minimum absolute atomic E-state index is 0.0779. The highest BCUT2D eigenvalue weighted by Gasteiger charge is 2.65. The lowest BCUT2D eigenvalue weighted by atomic mass is 9.42. The third-order valence-electron chi connectivity index (χ3n) is 22.1. The van der Waals surface area contributed by atoms with Gasteiger partial charge < -0.3 is 20.8 Å². The first kappa shape index (κ1) is 50.8. The molecule has 0 aromatic rings. The van der Waals surface area contributed by atoms with Crippen molar-refractivity contribution in [1.29, 1.82) is 0 Å². The van der Waals surface area contributed by atoms with Crippen molar-refractivity contribution in [3.05, 3.63) is 11.1 Å². The van der Waals surface area contributed by atoms with Crippen molar-refractivity contribution in [3.63, 3.8) is 0 Å². The molecule has 0 heterocycles. The molecule has 0 spiro atoms.